The Balaban J connectivity index is 0.000000365. The molecule has 594 valence electrons. The van der Waals surface area contributed by atoms with Crippen molar-refractivity contribution in [2.75, 3.05) is 59.5 Å². The minimum atomic E-state index is -1.00. The van der Waals surface area contributed by atoms with E-state index in [1.807, 2.05) is 108 Å². The third kappa shape index (κ3) is 28.1. The molecule has 4 aliphatic rings. The summed E-state index contributed by atoms with van der Waals surface area (Å²) in [4.78, 5) is 96.5. The van der Waals surface area contributed by atoms with Crippen LogP contribution in [-0.4, -0.2) is 185 Å². The first-order chi connectivity index (χ1) is 50.8. The Kier molecular flexibility index (Phi) is 32.5. The number of piperidine rings is 4. The summed E-state index contributed by atoms with van der Waals surface area (Å²) < 4.78 is 42.7. The van der Waals surface area contributed by atoms with Crippen molar-refractivity contribution in [3.63, 3.8) is 0 Å². The second-order valence-electron chi connectivity index (χ2n) is 31.0. The number of benzene rings is 4. The van der Waals surface area contributed by atoms with E-state index in [-0.39, 0.29) is 92.6 Å². The van der Waals surface area contributed by atoms with Crippen molar-refractivity contribution in [2.24, 2.45) is 23.7 Å². The van der Waals surface area contributed by atoms with Gasteiger partial charge in [0, 0.05) is 150 Å². The summed E-state index contributed by atoms with van der Waals surface area (Å²) in [6, 6.07) is 18.9. The molecule has 0 radical (unpaired) electrons. The van der Waals surface area contributed by atoms with Crippen LogP contribution in [-0.2, 0) is 38.6 Å². The number of carbonyl (C=O) groups is 4. The fourth-order valence-electron chi connectivity index (χ4n) is 12.5. The van der Waals surface area contributed by atoms with E-state index in [1.165, 1.54) is 36.8 Å². The summed E-state index contributed by atoms with van der Waals surface area (Å²) in [5, 5.41) is 65.8. The number of hydrogen-bond acceptors (Lipinski definition) is 20. The topological polar surface area (TPSA) is 373 Å². The number of halogens is 1. The molecular formula is C75H110FN16NaO16. The van der Waals surface area contributed by atoms with E-state index in [9.17, 15) is 64.0 Å². The van der Waals surface area contributed by atoms with Crippen molar-refractivity contribution < 1.29 is 96.0 Å². The molecule has 8 heterocycles. The monoisotopic (exact) mass is 1530 g/mol. The molecule has 4 aromatic carbocycles. The molecule has 0 spiro atoms. The van der Waals surface area contributed by atoms with E-state index < -0.39 is 43.6 Å². The second kappa shape index (κ2) is 40.2. The van der Waals surface area contributed by atoms with E-state index in [4.69, 9.17) is 20.3 Å². The van der Waals surface area contributed by atoms with Gasteiger partial charge in [0.05, 0.1) is 68.9 Å². The molecule has 0 aliphatic carbocycles. The first kappa shape index (κ1) is 88.3. The molecule has 0 unspecified atom stereocenters. The molecule has 12 rings (SSSR count). The Hall–Kier alpha value is -9.63. The summed E-state index contributed by atoms with van der Waals surface area (Å²) in [6.45, 7) is 32.7. The number of hydrogen-bond donors (Lipinski definition) is 1. The summed E-state index contributed by atoms with van der Waals surface area (Å²) in [5.41, 5.74) is 1.83. The zero-order valence-electron chi connectivity index (χ0n) is 66.5. The SMILES string of the molecule is C.CC(C)(C)OC(=O)N1CCC(Cn2cc3cc([N+](=O)[O-])ccc3n2)CC1.CC(C)(C)OC(=O)N1CCC(Cn2ncc3cc([N+](=O)[O-])ccc32)CC1.CC(C)(C)OC(=O)N1CCC(Cn2ncc3cc([N+](=O)[O-])ccc32)CC1.CCC1CCN(C(=O)OC(C)(C)C)CC1.O=[N+]([O-])c1ccc2[nH]ncc2c1.[2H]CF.[H-].[HH].[Na+]. The average Bonchev–Trinajstić information content (AvgIpc) is 1.66. The number of aromatic amines is 1. The third-order valence-electron chi connectivity index (χ3n) is 18.0. The van der Waals surface area contributed by atoms with Crippen LogP contribution >= 0.6 is 0 Å². The maximum atomic E-state index is 12.1. The van der Waals surface area contributed by atoms with Crippen LogP contribution in [0, 0.1) is 64.1 Å². The van der Waals surface area contributed by atoms with E-state index in [0.717, 1.165) is 134 Å². The summed E-state index contributed by atoms with van der Waals surface area (Å²) in [5.74, 6) is 2.03. The zero-order valence-corrected chi connectivity index (χ0v) is 66.5. The number of rotatable bonds is 11. The fraction of sp³-hybridized carbons (Fsp3) is 0.573. The minimum Gasteiger partial charge on any atom is -1.00 e. The van der Waals surface area contributed by atoms with Gasteiger partial charge in [0.2, 0.25) is 0 Å². The molecule has 4 aromatic heterocycles. The van der Waals surface area contributed by atoms with Crippen LogP contribution in [0.15, 0.2) is 97.6 Å². The number of aromatic nitrogens is 8. The van der Waals surface area contributed by atoms with Gasteiger partial charge in [0.15, 0.2) is 0 Å². The molecule has 4 saturated heterocycles. The molecule has 0 atom stereocenters. The van der Waals surface area contributed by atoms with Crippen LogP contribution in [0.3, 0.4) is 0 Å². The number of non-ortho nitro benzene ring substituents is 4. The quantitative estimate of drug-likeness (QED) is 0.0544. The van der Waals surface area contributed by atoms with Crippen molar-refractivity contribution >= 4 is 90.7 Å². The Morgan fingerprint density at radius 3 is 1.13 bits per heavy atom. The van der Waals surface area contributed by atoms with Crippen molar-refractivity contribution in [3.05, 3.63) is 138 Å². The maximum Gasteiger partial charge on any atom is 1.00 e. The molecule has 4 fully saturated rings. The van der Waals surface area contributed by atoms with Gasteiger partial charge in [-0.1, -0.05) is 20.8 Å². The third-order valence-corrected chi connectivity index (χ3v) is 18.0. The number of nitrogens with one attached hydrogen (secondary N) is 1. The first-order valence-electron chi connectivity index (χ1n) is 36.6. The van der Waals surface area contributed by atoms with Gasteiger partial charge in [-0.25, -0.2) is 19.2 Å². The summed E-state index contributed by atoms with van der Waals surface area (Å²) in [7, 11) is -1.00. The molecule has 32 nitrogen and oxygen atoms in total. The van der Waals surface area contributed by atoms with Crippen molar-refractivity contribution in [3.8, 4) is 0 Å². The molecule has 1 N–H and O–H groups in total. The fourth-order valence-corrected chi connectivity index (χ4v) is 12.5. The second-order valence-corrected chi connectivity index (χ2v) is 31.0. The molecule has 4 amide bonds. The van der Waals surface area contributed by atoms with Crippen molar-refractivity contribution in [1.82, 2.24) is 59.1 Å². The van der Waals surface area contributed by atoms with Gasteiger partial charge in [0.1, 0.15) is 22.4 Å². The van der Waals surface area contributed by atoms with E-state index >= 15 is 0 Å². The first-order valence-corrected chi connectivity index (χ1v) is 35.9. The Morgan fingerprint density at radius 2 is 0.798 bits per heavy atom. The number of ether oxygens (including phenoxy) is 4. The van der Waals surface area contributed by atoms with Gasteiger partial charge < -0.3 is 40.0 Å². The standard InChI is InChI=1S/3C18H24N4O4.C12H23NO2.C7H5N3O2.CH3F.CH4.Na.H2.H/c2*1-18(2,3)26-17(23)20-8-6-13(7-9-20)12-21-16-5-4-15(22(24)25)10-14(16)11-19-21;1-18(2,3)26-17(23)20-8-6-13(7-9-20)11-21-12-14-10-15(22(24)25)4-5-16(14)19-21;1-5-10-6-8-13(9-7-10)11(14)15-12(2,3)4;11-10(12)6-1-2-7-5(3-6)4-8-9-7;1-2;;;;/h2*4-5,10-11,13H,6-9,12H2,1-3H3;4-5,10,12-13H,6-9,11H2,1-3H3;10H,5-9H2,1-4H3;1-4H,(H,8,9);1H3;1H4;;1H;/q;;;;;;;+1;;-1/i;;;;;1D;;;;. The molecule has 8 aromatic rings. The molecule has 109 heavy (non-hydrogen) atoms. The molecule has 0 saturated carbocycles. The van der Waals surface area contributed by atoms with Gasteiger partial charge in [-0.2, -0.15) is 20.4 Å². The van der Waals surface area contributed by atoms with Crippen molar-refractivity contribution in [2.45, 2.75) is 197 Å². The van der Waals surface area contributed by atoms with Crippen LogP contribution in [0.25, 0.3) is 43.6 Å². The number of nitro benzene ring substituents is 4. The molecule has 4 aliphatic heterocycles. The van der Waals surface area contributed by atoms with Crippen molar-refractivity contribution in [1.29, 1.82) is 0 Å². The number of nitrogens with zero attached hydrogens (tertiary/aromatic N) is 15. The van der Waals surface area contributed by atoms with Gasteiger partial charge >= 0.3 is 53.9 Å². The molecular weight excluding hydrogens is 1420 g/mol. The number of likely N-dealkylation sites (tertiary alicyclic amines) is 4. The van der Waals surface area contributed by atoms with Crippen LogP contribution < -0.4 is 29.6 Å². The molecule has 34 heteroatoms. The van der Waals surface area contributed by atoms with Crippen LogP contribution in [0.2, 0.25) is 0 Å². The largest absolute Gasteiger partial charge is 1.00 e. The van der Waals surface area contributed by atoms with Gasteiger partial charge in [0.25, 0.3) is 22.7 Å². The van der Waals surface area contributed by atoms with Gasteiger partial charge in [-0.05, 0) is 182 Å². The molecule has 0 bridgehead atoms. The average molecular weight is 1530 g/mol. The Bertz CT molecular complexity index is 4200. The van der Waals surface area contributed by atoms with Gasteiger partial charge in [-0.15, -0.1) is 0 Å². The number of alkyl halides is 1. The van der Waals surface area contributed by atoms with Crippen LogP contribution in [0.1, 0.15) is 159 Å². The Morgan fingerprint density at radius 1 is 0.495 bits per heavy atom. The number of nitro groups is 4. The summed E-state index contributed by atoms with van der Waals surface area (Å²) in [6.07, 6.45) is 14.6. The predicted octanol–water partition coefficient (Wildman–Crippen LogP) is 13.9. The van der Waals surface area contributed by atoms with E-state index in [2.05, 4.69) is 32.4 Å². The van der Waals surface area contributed by atoms with Crippen LogP contribution in [0.4, 0.5) is 46.3 Å². The van der Waals surface area contributed by atoms with E-state index in [0.29, 0.717) is 57.0 Å². The number of H-pyrrole nitrogens is 1. The van der Waals surface area contributed by atoms with Crippen LogP contribution in [0.5, 0.6) is 0 Å². The summed E-state index contributed by atoms with van der Waals surface area (Å²) >= 11 is 0. The Labute approximate surface area is 660 Å². The number of amides is 4. The van der Waals surface area contributed by atoms with E-state index in [1.54, 1.807) is 75.8 Å². The number of carbonyl (C=O) groups excluding carboxylic acids is 4. The smallest absolute Gasteiger partial charge is 1.00 e. The zero-order chi connectivity index (χ0) is 79.4. The van der Waals surface area contributed by atoms with Gasteiger partial charge in [-0.3, -0.25) is 64.0 Å². The maximum absolute atomic E-state index is 12.1. The normalized spacial score (nSPS) is 15.4. The predicted molar refractivity (Wildman–Crippen MR) is 411 cm³/mol. The number of fused-ring (bicyclic) bond motifs is 4. The minimum absolute atomic E-state index is 0.